The van der Waals surface area contributed by atoms with Gasteiger partial charge in [-0.25, -0.2) is 0 Å². The van der Waals surface area contributed by atoms with Crippen molar-refractivity contribution < 1.29 is 4.79 Å². The number of benzene rings is 2. The summed E-state index contributed by atoms with van der Waals surface area (Å²) in [6.07, 6.45) is 0. The Labute approximate surface area is 158 Å². The minimum atomic E-state index is -0.0355. The van der Waals surface area contributed by atoms with E-state index in [2.05, 4.69) is 22.5 Å². The van der Waals surface area contributed by atoms with E-state index in [1.807, 2.05) is 79.0 Å². The topological polar surface area (TPSA) is 41.1 Å². The molecule has 0 spiro atoms. The van der Waals surface area contributed by atoms with Gasteiger partial charge in [0.15, 0.2) is 0 Å². The Balaban J connectivity index is 1.55. The molecule has 0 fully saturated rings. The molecule has 0 aliphatic heterocycles. The molecule has 2 aromatic carbocycles. The number of hydrogen-bond donors (Lipinski definition) is 2. The van der Waals surface area contributed by atoms with E-state index in [1.165, 1.54) is 0 Å². The average molecular weight is 360 g/mol. The lowest BCUT2D eigenvalue weighted by Gasteiger charge is -2.13. The monoisotopic (exact) mass is 360 g/mol. The number of thiophene rings is 1. The average Bonchev–Trinajstić information content (AvgIpc) is 3.21. The molecule has 1 amide bonds. The van der Waals surface area contributed by atoms with E-state index >= 15 is 0 Å². The van der Waals surface area contributed by atoms with Gasteiger partial charge in [0.25, 0.3) is 0 Å². The van der Waals surface area contributed by atoms with Gasteiger partial charge in [0.05, 0.1) is 12.6 Å². The highest BCUT2D eigenvalue weighted by atomic mass is 32.1. The van der Waals surface area contributed by atoms with Crippen molar-refractivity contribution >= 4 is 22.9 Å². The molecule has 0 bridgehead atoms. The highest BCUT2D eigenvalue weighted by molar-refractivity contribution is 7.10. The van der Waals surface area contributed by atoms with Crippen LogP contribution in [0.15, 0.2) is 72.1 Å². The van der Waals surface area contributed by atoms with Crippen LogP contribution in [0.25, 0.3) is 0 Å². The molecule has 0 saturated heterocycles. The van der Waals surface area contributed by atoms with Crippen LogP contribution in [0, 0.1) is 11.8 Å². The lowest BCUT2D eigenvalue weighted by atomic mass is 10.1. The zero-order valence-corrected chi connectivity index (χ0v) is 15.3. The summed E-state index contributed by atoms with van der Waals surface area (Å²) in [7, 11) is 0. The van der Waals surface area contributed by atoms with Crippen molar-refractivity contribution in [2.24, 2.45) is 0 Å². The first-order chi connectivity index (χ1) is 12.7. The largest absolute Gasteiger partial charge is 0.376 e. The highest BCUT2D eigenvalue weighted by Crippen LogP contribution is 2.18. The summed E-state index contributed by atoms with van der Waals surface area (Å²) in [6.45, 7) is 2.22. The first-order valence-corrected chi connectivity index (χ1v) is 9.32. The smallest absolute Gasteiger partial charge is 0.239 e. The molecule has 1 unspecified atom stereocenters. The van der Waals surface area contributed by atoms with Gasteiger partial charge >= 0.3 is 0 Å². The number of carbonyl (C=O) groups excluding carboxylic acids is 1. The quantitative estimate of drug-likeness (QED) is 0.661. The molecule has 0 radical (unpaired) electrons. The van der Waals surface area contributed by atoms with Crippen LogP contribution in [-0.4, -0.2) is 12.5 Å². The van der Waals surface area contributed by atoms with Gasteiger partial charge in [-0.05, 0) is 48.7 Å². The minimum absolute atomic E-state index is 0.0207. The van der Waals surface area contributed by atoms with Crippen LogP contribution in [0.3, 0.4) is 0 Å². The molecule has 3 rings (SSSR count). The fraction of sp³-hybridized carbons (Fsp3) is 0.136. The number of amides is 1. The molecule has 3 nitrogen and oxygen atoms in total. The van der Waals surface area contributed by atoms with E-state index in [9.17, 15) is 4.79 Å². The van der Waals surface area contributed by atoms with Crippen molar-refractivity contribution in [2.45, 2.75) is 13.0 Å². The molecule has 4 heteroatoms. The van der Waals surface area contributed by atoms with Crippen LogP contribution in [0.4, 0.5) is 5.69 Å². The summed E-state index contributed by atoms with van der Waals surface area (Å²) in [5.74, 6) is 6.25. The van der Waals surface area contributed by atoms with E-state index in [0.717, 1.165) is 21.7 Å². The maximum absolute atomic E-state index is 12.1. The molecule has 1 aromatic heterocycles. The first kappa shape index (κ1) is 17.8. The van der Waals surface area contributed by atoms with Crippen LogP contribution in [0.2, 0.25) is 0 Å². The van der Waals surface area contributed by atoms with Crippen molar-refractivity contribution in [1.29, 1.82) is 0 Å². The predicted octanol–water partition coefficient (Wildman–Crippen LogP) is 4.44. The summed E-state index contributed by atoms with van der Waals surface area (Å²) >= 11 is 1.64. The molecule has 1 heterocycles. The van der Waals surface area contributed by atoms with Gasteiger partial charge in [0.2, 0.25) is 5.91 Å². The summed E-state index contributed by atoms with van der Waals surface area (Å²) in [4.78, 5) is 13.3. The standard InChI is InChI=1S/C22H20N2OS/c1-17(21-11-6-14-26-21)24-22(25)16-23-20-10-5-9-19(15-20)13-12-18-7-3-2-4-8-18/h2-11,14-15,17,23H,16H2,1H3,(H,24,25). The number of anilines is 1. The Bertz CT molecular complexity index is 908. The van der Waals surface area contributed by atoms with Crippen LogP contribution < -0.4 is 10.6 Å². The zero-order chi connectivity index (χ0) is 18.2. The lowest BCUT2D eigenvalue weighted by Crippen LogP contribution is -2.31. The third-order valence-corrected chi connectivity index (χ3v) is 4.84. The zero-order valence-electron chi connectivity index (χ0n) is 14.5. The third-order valence-electron chi connectivity index (χ3n) is 3.79. The van der Waals surface area contributed by atoms with Crippen LogP contribution >= 0.6 is 11.3 Å². The molecule has 1 atom stereocenters. The van der Waals surface area contributed by atoms with E-state index in [-0.39, 0.29) is 18.5 Å². The maximum atomic E-state index is 12.1. The summed E-state index contributed by atoms with van der Waals surface area (Å²) in [5, 5.41) is 8.16. The van der Waals surface area contributed by atoms with Gasteiger partial charge in [0.1, 0.15) is 0 Å². The fourth-order valence-corrected chi connectivity index (χ4v) is 3.19. The lowest BCUT2D eigenvalue weighted by molar-refractivity contribution is -0.120. The number of rotatable bonds is 5. The minimum Gasteiger partial charge on any atom is -0.376 e. The Hall–Kier alpha value is -3.03. The van der Waals surface area contributed by atoms with Crippen LogP contribution in [0.5, 0.6) is 0 Å². The number of nitrogens with one attached hydrogen (secondary N) is 2. The number of hydrogen-bond acceptors (Lipinski definition) is 3. The second kappa shape index (κ2) is 8.89. The second-order valence-corrected chi connectivity index (χ2v) is 6.83. The molecular weight excluding hydrogens is 340 g/mol. The maximum Gasteiger partial charge on any atom is 0.239 e. The van der Waals surface area contributed by atoms with Crippen molar-refractivity contribution in [1.82, 2.24) is 5.32 Å². The van der Waals surface area contributed by atoms with Gasteiger partial charge in [-0.1, -0.05) is 42.2 Å². The third kappa shape index (κ3) is 5.23. The summed E-state index contributed by atoms with van der Waals surface area (Å²) < 4.78 is 0. The van der Waals surface area contributed by atoms with Crippen LogP contribution in [-0.2, 0) is 4.79 Å². The summed E-state index contributed by atoms with van der Waals surface area (Å²) in [5.41, 5.74) is 2.77. The molecule has 130 valence electrons. The van der Waals surface area contributed by atoms with Crippen LogP contribution in [0.1, 0.15) is 29.0 Å². The molecule has 2 N–H and O–H groups in total. The van der Waals surface area contributed by atoms with E-state index < -0.39 is 0 Å². The fourth-order valence-electron chi connectivity index (χ4n) is 2.46. The number of carbonyl (C=O) groups is 1. The molecule has 0 aliphatic rings. The van der Waals surface area contributed by atoms with E-state index in [0.29, 0.717) is 0 Å². The van der Waals surface area contributed by atoms with Crippen molar-refractivity contribution in [3.8, 4) is 11.8 Å². The Kier molecular flexibility index (Phi) is 6.08. The first-order valence-electron chi connectivity index (χ1n) is 8.44. The molecule has 0 saturated carbocycles. The Morgan fingerprint density at radius 2 is 1.77 bits per heavy atom. The Morgan fingerprint density at radius 3 is 2.54 bits per heavy atom. The predicted molar refractivity (Wildman–Crippen MR) is 108 cm³/mol. The molecular formula is C22H20N2OS. The molecule has 0 aliphatic carbocycles. The molecule has 26 heavy (non-hydrogen) atoms. The van der Waals surface area contributed by atoms with Gasteiger partial charge in [-0.15, -0.1) is 11.3 Å². The Morgan fingerprint density at radius 1 is 1.00 bits per heavy atom. The molecule has 3 aromatic rings. The van der Waals surface area contributed by atoms with Gasteiger partial charge in [-0.3, -0.25) is 4.79 Å². The van der Waals surface area contributed by atoms with Gasteiger partial charge in [0, 0.05) is 21.7 Å². The SMILES string of the molecule is CC(NC(=O)CNc1cccc(C#Cc2ccccc2)c1)c1cccs1. The van der Waals surface area contributed by atoms with Gasteiger partial charge < -0.3 is 10.6 Å². The highest BCUT2D eigenvalue weighted by Gasteiger charge is 2.09. The van der Waals surface area contributed by atoms with E-state index in [1.54, 1.807) is 11.3 Å². The second-order valence-electron chi connectivity index (χ2n) is 5.86. The van der Waals surface area contributed by atoms with Crippen molar-refractivity contribution in [2.75, 3.05) is 11.9 Å². The van der Waals surface area contributed by atoms with Crippen molar-refractivity contribution in [3.05, 3.63) is 88.1 Å². The van der Waals surface area contributed by atoms with Crippen molar-refractivity contribution in [3.63, 3.8) is 0 Å². The summed E-state index contributed by atoms with van der Waals surface area (Å²) in [6, 6.07) is 21.7. The normalized spacial score (nSPS) is 11.1. The van der Waals surface area contributed by atoms with Gasteiger partial charge in [-0.2, -0.15) is 0 Å². The van der Waals surface area contributed by atoms with E-state index in [4.69, 9.17) is 0 Å².